The predicted octanol–water partition coefficient (Wildman–Crippen LogP) is 1.24. The molecular weight excluding hydrogens is 478 g/mol. The average molecular weight is 514 g/mol. The summed E-state index contributed by atoms with van der Waals surface area (Å²) in [6.45, 7) is 7.13. The number of carbonyl (C=O) groups excluding carboxylic acids is 1. The zero-order valence-corrected chi connectivity index (χ0v) is 21.6. The highest BCUT2D eigenvalue weighted by molar-refractivity contribution is 8.06. The number of piperazine rings is 1. The van der Waals surface area contributed by atoms with Gasteiger partial charge in [-0.05, 0) is 38.3 Å². The van der Waals surface area contributed by atoms with E-state index in [-0.39, 0.29) is 25.2 Å². The van der Waals surface area contributed by atoms with Gasteiger partial charge in [-0.15, -0.1) is 0 Å². The second-order valence-electron chi connectivity index (χ2n) is 10.0. The second kappa shape index (κ2) is 9.75. The fraction of sp³-hybridized carbons (Fsp3) is 0.696. The standard InChI is InChI=1S/C23H35N3O6S2/c1-19-3-5-20(6-4-19)25-15-13-24(14-16-25)10-7-21-17-23(22(27)32-21)8-11-26(12-9-23)34(30,31)18-33(2,28)29/h3-6,21H,7-18H2,1-2H3/t21-/m1/s1. The van der Waals surface area contributed by atoms with E-state index in [9.17, 15) is 21.6 Å². The molecule has 9 nitrogen and oxygen atoms in total. The van der Waals surface area contributed by atoms with Crippen molar-refractivity contribution in [1.29, 1.82) is 0 Å². The molecule has 1 spiro atoms. The first kappa shape index (κ1) is 25.4. The van der Waals surface area contributed by atoms with Gasteiger partial charge in [-0.25, -0.2) is 21.1 Å². The molecule has 34 heavy (non-hydrogen) atoms. The largest absolute Gasteiger partial charge is 0.462 e. The fourth-order valence-electron chi connectivity index (χ4n) is 5.26. The molecule has 0 N–H and O–H groups in total. The molecule has 0 bridgehead atoms. The number of hydrogen-bond donors (Lipinski definition) is 0. The van der Waals surface area contributed by atoms with Gasteiger partial charge in [0.1, 0.15) is 6.10 Å². The van der Waals surface area contributed by atoms with Gasteiger partial charge < -0.3 is 9.64 Å². The maximum absolute atomic E-state index is 12.7. The third-order valence-electron chi connectivity index (χ3n) is 7.30. The van der Waals surface area contributed by atoms with Crippen molar-refractivity contribution in [2.75, 3.05) is 62.1 Å². The van der Waals surface area contributed by atoms with Crippen molar-refractivity contribution in [3.05, 3.63) is 29.8 Å². The molecule has 1 aromatic carbocycles. The molecule has 0 aliphatic carbocycles. The van der Waals surface area contributed by atoms with E-state index in [1.165, 1.54) is 15.6 Å². The van der Waals surface area contributed by atoms with Crippen molar-refractivity contribution in [1.82, 2.24) is 9.21 Å². The van der Waals surface area contributed by atoms with Crippen LogP contribution in [0.1, 0.15) is 31.2 Å². The molecule has 3 fully saturated rings. The molecule has 3 aliphatic heterocycles. The lowest BCUT2D eigenvalue weighted by molar-refractivity contribution is -0.150. The van der Waals surface area contributed by atoms with Crippen LogP contribution in [0.3, 0.4) is 0 Å². The van der Waals surface area contributed by atoms with Crippen LogP contribution in [0.5, 0.6) is 0 Å². The minimum absolute atomic E-state index is 0.151. The second-order valence-corrected chi connectivity index (χ2v) is 14.5. The van der Waals surface area contributed by atoms with Crippen LogP contribution in [0, 0.1) is 12.3 Å². The minimum atomic E-state index is -3.89. The van der Waals surface area contributed by atoms with Gasteiger partial charge in [-0.1, -0.05) is 17.7 Å². The lowest BCUT2D eigenvalue weighted by Gasteiger charge is -2.36. The highest BCUT2D eigenvalue weighted by Gasteiger charge is 2.51. The molecule has 3 saturated heterocycles. The normalized spacial score (nSPS) is 24.5. The number of hydrogen-bond acceptors (Lipinski definition) is 8. The van der Waals surface area contributed by atoms with E-state index in [2.05, 4.69) is 41.0 Å². The monoisotopic (exact) mass is 513 g/mol. The quantitative estimate of drug-likeness (QED) is 0.502. The lowest BCUT2D eigenvalue weighted by atomic mass is 9.76. The van der Waals surface area contributed by atoms with Gasteiger partial charge in [0.15, 0.2) is 14.9 Å². The topological polar surface area (TPSA) is 104 Å². The van der Waals surface area contributed by atoms with Crippen molar-refractivity contribution in [2.45, 2.75) is 38.7 Å². The summed E-state index contributed by atoms with van der Waals surface area (Å²) in [4.78, 5) is 17.5. The zero-order valence-electron chi connectivity index (χ0n) is 20.0. The molecule has 1 aromatic rings. The number of nitrogens with zero attached hydrogens (tertiary/aromatic N) is 3. The summed E-state index contributed by atoms with van der Waals surface area (Å²) in [5, 5.41) is -0.892. The molecule has 0 amide bonds. The summed E-state index contributed by atoms with van der Waals surface area (Å²) in [6.07, 6.45) is 2.89. The van der Waals surface area contributed by atoms with Gasteiger partial charge in [-0.3, -0.25) is 9.69 Å². The SMILES string of the molecule is Cc1ccc(N2CCN(CC[C@@H]3CC4(CCN(S(=O)(=O)CS(C)(=O)=O)CC4)C(=O)O3)CC2)cc1. The van der Waals surface area contributed by atoms with Crippen molar-refractivity contribution >= 4 is 31.5 Å². The van der Waals surface area contributed by atoms with Gasteiger partial charge in [0.2, 0.25) is 10.0 Å². The maximum Gasteiger partial charge on any atom is 0.312 e. The number of cyclic esters (lactones) is 1. The van der Waals surface area contributed by atoms with Crippen LogP contribution in [-0.4, -0.2) is 95.3 Å². The van der Waals surface area contributed by atoms with Crippen molar-refractivity contribution in [3.8, 4) is 0 Å². The van der Waals surface area contributed by atoms with Crippen molar-refractivity contribution in [3.63, 3.8) is 0 Å². The van der Waals surface area contributed by atoms with Crippen LogP contribution >= 0.6 is 0 Å². The van der Waals surface area contributed by atoms with E-state index in [0.29, 0.717) is 19.3 Å². The fourth-order valence-corrected chi connectivity index (χ4v) is 8.76. The zero-order chi connectivity index (χ0) is 24.6. The highest BCUT2D eigenvalue weighted by atomic mass is 32.3. The molecule has 0 unspecified atom stereocenters. The Morgan fingerprint density at radius 3 is 2.18 bits per heavy atom. The number of esters is 1. The first-order valence-electron chi connectivity index (χ1n) is 11.9. The first-order valence-corrected chi connectivity index (χ1v) is 15.5. The van der Waals surface area contributed by atoms with Crippen LogP contribution in [0.2, 0.25) is 0 Å². The number of sulfone groups is 1. The van der Waals surface area contributed by atoms with Gasteiger partial charge in [0.05, 0.1) is 5.41 Å². The molecule has 0 radical (unpaired) electrons. The Labute approximate surface area is 203 Å². The lowest BCUT2D eigenvalue weighted by Crippen LogP contribution is -2.47. The van der Waals surface area contributed by atoms with Crippen LogP contribution in [-0.2, 0) is 29.4 Å². The Bertz CT molecular complexity index is 1090. The van der Waals surface area contributed by atoms with E-state index < -0.39 is 30.4 Å². The summed E-state index contributed by atoms with van der Waals surface area (Å²) in [5.74, 6) is -0.234. The number of sulfonamides is 1. The third-order valence-corrected chi connectivity index (χ3v) is 11.4. The molecule has 3 heterocycles. The van der Waals surface area contributed by atoms with Gasteiger partial charge in [-0.2, -0.15) is 0 Å². The van der Waals surface area contributed by atoms with Gasteiger partial charge >= 0.3 is 5.97 Å². The van der Waals surface area contributed by atoms with Crippen LogP contribution in [0.4, 0.5) is 5.69 Å². The Hall–Kier alpha value is -1.69. The number of anilines is 1. The van der Waals surface area contributed by atoms with E-state index in [4.69, 9.17) is 4.74 Å². The number of carbonyl (C=O) groups is 1. The average Bonchev–Trinajstić information content (AvgIpc) is 3.06. The van der Waals surface area contributed by atoms with E-state index in [1.807, 2.05) is 0 Å². The summed E-state index contributed by atoms with van der Waals surface area (Å²) in [7, 11) is -7.53. The molecule has 0 saturated carbocycles. The Morgan fingerprint density at radius 1 is 0.971 bits per heavy atom. The summed E-state index contributed by atoms with van der Waals surface area (Å²) < 4.78 is 54.6. The number of benzene rings is 1. The third kappa shape index (κ3) is 5.92. The maximum atomic E-state index is 12.7. The first-order chi connectivity index (χ1) is 16.0. The molecular formula is C23H35N3O6S2. The molecule has 11 heteroatoms. The number of piperidine rings is 1. The van der Waals surface area contributed by atoms with Crippen LogP contribution < -0.4 is 4.90 Å². The predicted molar refractivity (Wildman–Crippen MR) is 131 cm³/mol. The van der Waals surface area contributed by atoms with Crippen molar-refractivity contribution in [2.24, 2.45) is 5.41 Å². The molecule has 3 aliphatic rings. The number of rotatable bonds is 7. The van der Waals surface area contributed by atoms with E-state index in [0.717, 1.165) is 45.4 Å². The summed E-state index contributed by atoms with van der Waals surface area (Å²) in [6, 6.07) is 8.61. The van der Waals surface area contributed by atoms with Gasteiger partial charge in [0.25, 0.3) is 0 Å². The Morgan fingerprint density at radius 2 is 1.59 bits per heavy atom. The Balaban J connectivity index is 1.24. The molecule has 1 atom stereocenters. The summed E-state index contributed by atoms with van der Waals surface area (Å²) >= 11 is 0. The number of ether oxygens (including phenoxy) is 1. The minimum Gasteiger partial charge on any atom is -0.462 e. The number of aryl methyl sites for hydroxylation is 1. The Kier molecular flexibility index (Phi) is 7.29. The molecule has 190 valence electrons. The van der Waals surface area contributed by atoms with E-state index in [1.54, 1.807) is 0 Å². The van der Waals surface area contributed by atoms with Gasteiger partial charge in [0, 0.05) is 64.2 Å². The summed E-state index contributed by atoms with van der Waals surface area (Å²) in [5.41, 5.74) is 1.86. The molecule has 0 aromatic heterocycles. The molecule has 4 rings (SSSR count). The smallest absolute Gasteiger partial charge is 0.312 e. The van der Waals surface area contributed by atoms with Crippen LogP contribution in [0.25, 0.3) is 0 Å². The van der Waals surface area contributed by atoms with Crippen molar-refractivity contribution < 1.29 is 26.4 Å². The van der Waals surface area contributed by atoms with E-state index >= 15 is 0 Å². The highest BCUT2D eigenvalue weighted by Crippen LogP contribution is 2.44. The van der Waals surface area contributed by atoms with Crippen LogP contribution in [0.15, 0.2) is 24.3 Å².